The third-order valence-electron chi connectivity index (χ3n) is 4.58. The summed E-state index contributed by atoms with van der Waals surface area (Å²) in [7, 11) is -3.66. The highest BCUT2D eigenvalue weighted by molar-refractivity contribution is 7.89. The summed E-state index contributed by atoms with van der Waals surface area (Å²) in [5.74, 6) is -0.507. The van der Waals surface area contributed by atoms with Gasteiger partial charge in [0, 0.05) is 18.0 Å². The van der Waals surface area contributed by atoms with Gasteiger partial charge in [-0.25, -0.2) is 13.1 Å². The molecule has 0 unspecified atom stereocenters. The second-order valence-corrected chi connectivity index (χ2v) is 8.22. The molecule has 28 heavy (non-hydrogen) atoms. The fourth-order valence-corrected chi connectivity index (χ4v) is 4.16. The number of nitrogens with two attached hydrogens (primary N) is 1. The van der Waals surface area contributed by atoms with Crippen LogP contribution in [-0.4, -0.2) is 20.9 Å². The monoisotopic (exact) mass is 394 g/mol. The van der Waals surface area contributed by atoms with Crippen LogP contribution in [0.15, 0.2) is 89.8 Å². The SMILES string of the molecule is NC(=O)c1ccc(S(=O)(=O)NCCC(c2ccccc2)c2ccccc2)cc1. The van der Waals surface area contributed by atoms with Crippen molar-refractivity contribution in [2.24, 2.45) is 5.73 Å². The molecular formula is C22H22N2O3S. The molecule has 0 saturated heterocycles. The highest BCUT2D eigenvalue weighted by Crippen LogP contribution is 2.27. The van der Waals surface area contributed by atoms with Gasteiger partial charge in [-0.1, -0.05) is 60.7 Å². The zero-order chi connectivity index (χ0) is 20.0. The van der Waals surface area contributed by atoms with Crippen molar-refractivity contribution in [3.8, 4) is 0 Å². The van der Waals surface area contributed by atoms with E-state index in [4.69, 9.17) is 5.73 Å². The molecule has 144 valence electrons. The molecule has 5 nitrogen and oxygen atoms in total. The summed E-state index contributed by atoms with van der Waals surface area (Å²) < 4.78 is 27.7. The summed E-state index contributed by atoms with van der Waals surface area (Å²) in [6.07, 6.45) is 0.618. The van der Waals surface area contributed by atoms with Crippen LogP contribution >= 0.6 is 0 Å². The zero-order valence-corrected chi connectivity index (χ0v) is 16.1. The van der Waals surface area contributed by atoms with Crippen LogP contribution in [0.25, 0.3) is 0 Å². The summed E-state index contributed by atoms with van der Waals surface area (Å²) in [5, 5.41) is 0. The van der Waals surface area contributed by atoms with Crippen LogP contribution in [0.1, 0.15) is 33.8 Å². The van der Waals surface area contributed by atoms with E-state index >= 15 is 0 Å². The molecule has 6 heteroatoms. The first-order valence-corrected chi connectivity index (χ1v) is 10.4. The van der Waals surface area contributed by atoms with Crippen LogP contribution in [0.3, 0.4) is 0 Å². The van der Waals surface area contributed by atoms with Gasteiger partial charge in [-0.2, -0.15) is 0 Å². The van der Waals surface area contributed by atoms with E-state index in [-0.39, 0.29) is 22.9 Å². The Morgan fingerprint density at radius 2 is 1.32 bits per heavy atom. The smallest absolute Gasteiger partial charge is 0.248 e. The van der Waals surface area contributed by atoms with E-state index in [1.54, 1.807) is 0 Å². The lowest BCUT2D eigenvalue weighted by Crippen LogP contribution is -2.26. The average molecular weight is 394 g/mol. The van der Waals surface area contributed by atoms with Gasteiger partial charge in [0.1, 0.15) is 0 Å². The predicted octanol–water partition coefficient (Wildman–Crippen LogP) is 3.29. The topological polar surface area (TPSA) is 89.3 Å². The number of rotatable bonds is 8. The molecule has 0 bridgehead atoms. The highest BCUT2D eigenvalue weighted by atomic mass is 32.2. The van der Waals surface area contributed by atoms with Crippen molar-refractivity contribution >= 4 is 15.9 Å². The van der Waals surface area contributed by atoms with E-state index < -0.39 is 15.9 Å². The number of hydrogen-bond donors (Lipinski definition) is 2. The van der Waals surface area contributed by atoms with Gasteiger partial charge < -0.3 is 5.73 Å². The van der Waals surface area contributed by atoms with Gasteiger partial charge in [0.15, 0.2) is 0 Å². The maximum Gasteiger partial charge on any atom is 0.248 e. The molecular weight excluding hydrogens is 372 g/mol. The second kappa shape index (κ2) is 8.82. The van der Waals surface area contributed by atoms with E-state index in [2.05, 4.69) is 29.0 Å². The molecule has 0 saturated carbocycles. The molecule has 0 aliphatic heterocycles. The van der Waals surface area contributed by atoms with Crippen molar-refractivity contribution in [3.05, 3.63) is 102 Å². The van der Waals surface area contributed by atoms with Crippen LogP contribution in [0.5, 0.6) is 0 Å². The molecule has 0 aromatic heterocycles. The van der Waals surface area contributed by atoms with E-state index in [1.807, 2.05) is 36.4 Å². The van der Waals surface area contributed by atoms with Crippen LogP contribution in [-0.2, 0) is 10.0 Å². The second-order valence-electron chi connectivity index (χ2n) is 6.45. The first-order chi connectivity index (χ1) is 13.5. The van der Waals surface area contributed by atoms with E-state index in [9.17, 15) is 13.2 Å². The molecule has 1 amide bonds. The van der Waals surface area contributed by atoms with E-state index in [1.165, 1.54) is 24.3 Å². The number of sulfonamides is 1. The van der Waals surface area contributed by atoms with Crippen LogP contribution < -0.4 is 10.5 Å². The standard InChI is InChI=1S/C22H22N2O3S/c23-22(25)19-11-13-20(14-12-19)28(26,27)24-16-15-21(17-7-3-1-4-8-17)18-9-5-2-6-10-18/h1-14,21,24H,15-16H2,(H2,23,25). The van der Waals surface area contributed by atoms with Gasteiger partial charge >= 0.3 is 0 Å². The molecule has 3 N–H and O–H groups in total. The quantitative estimate of drug-likeness (QED) is 0.614. The molecule has 3 rings (SSSR count). The Labute approximate surface area is 165 Å². The lowest BCUT2D eigenvalue weighted by molar-refractivity contribution is 0.1000. The number of carbonyl (C=O) groups excluding carboxylic acids is 1. The fraction of sp³-hybridized carbons (Fsp3) is 0.136. The Morgan fingerprint density at radius 1 is 0.821 bits per heavy atom. The van der Waals surface area contributed by atoms with Crippen molar-refractivity contribution in [1.29, 1.82) is 0 Å². The number of carbonyl (C=O) groups is 1. The third kappa shape index (κ3) is 4.85. The first-order valence-electron chi connectivity index (χ1n) is 8.97. The Hall–Kier alpha value is -2.96. The Morgan fingerprint density at radius 3 is 1.79 bits per heavy atom. The lowest BCUT2D eigenvalue weighted by Gasteiger charge is -2.18. The maximum atomic E-state index is 12.5. The number of nitrogens with one attached hydrogen (secondary N) is 1. The van der Waals surface area contributed by atoms with Gasteiger partial charge in [0.05, 0.1) is 4.90 Å². The molecule has 3 aromatic carbocycles. The minimum atomic E-state index is -3.66. The summed E-state index contributed by atoms with van der Waals surface area (Å²) in [4.78, 5) is 11.2. The molecule has 0 fully saturated rings. The van der Waals surface area contributed by atoms with Gasteiger partial charge in [-0.3, -0.25) is 4.79 Å². The fourth-order valence-electron chi connectivity index (χ4n) is 3.12. The third-order valence-corrected chi connectivity index (χ3v) is 6.06. The van der Waals surface area contributed by atoms with Crippen molar-refractivity contribution in [2.45, 2.75) is 17.2 Å². The zero-order valence-electron chi connectivity index (χ0n) is 15.3. The molecule has 0 radical (unpaired) electrons. The normalized spacial score (nSPS) is 11.5. The van der Waals surface area contributed by atoms with Gasteiger partial charge in [0.25, 0.3) is 0 Å². The number of hydrogen-bond acceptors (Lipinski definition) is 3. The van der Waals surface area contributed by atoms with Gasteiger partial charge in [-0.15, -0.1) is 0 Å². The molecule has 3 aromatic rings. The maximum absolute atomic E-state index is 12.5. The van der Waals surface area contributed by atoms with Crippen LogP contribution in [0, 0.1) is 0 Å². The first kappa shape index (κ1) is 19.8. The summed E-state index contributed by atoms with van der Waals surface area (Å²) in [6, 6.07) is 25.6. The van der Waals surface area contributed by atoms with Crippen molar-refractivity contribution in [2.75, 3.05) is 6.54 Å². The molecule has 0 spiro atoms. The van der Waals surface area contributed by atoms with Crippen LogP contribution in [0.2, 0.25) is 0 Å². The summed E-state index contributed by atoms with van der Waals surface area (Å²) in [5.41, 5.74) is 7.74. The Bertz CT molecular complexity index is 979. The van der Waals surface area contributed by atoms with Crippen molar-refractivity contribution in [1.82, 2.24) is 4.72 Å². The van der Waals surface area contributed by atoms with Gasteiger partial charge in [0.2, 0.25) is 15.9 Å². The minimum Gasteiger partial charge on any atom is -0.366 e. The largest absolute Gasteiger partial charge is 0.366 e. The molecule has 0 heterocycles. The Balaban J connectivity index is 1.72. The van der Waals surface area contributed by atoms with E-state index in [0.29, 0.717) is 6.42 Å². The molecule has 0 aliphatic carbocycles. The predicted molar refractivity (Wildman–Crippen MR) is 109 cm³/mol. The highest BCUT2D eigenvalue weighted by Gasteiger charge is 2.17. The number of benzene rings is 3. The minimum absolute atomic E-state index is 0.0855. The van der Waals surface area contributed by atoms with Crippen molar-refractivity contribution in [3.63, 3.8) is 0 Å². The molecule has 0 atom stereocenters. The Kier molecular flexibility index (Phi) is 6.23. The summed E-state index contributed by atoms with van der Waals surface area (Å²) >= 11 is 0. The average Bonchev–Trinajstić information content (AvgIpc) is 2.72. The number of amides is 1. The summed E-state index contributed by atoms with van der Waals surface area (Å²) in [6.45, 7) is 0.286. The van der Waals surface area contributed by atoms with Crippen molar-refractivity contribution < 1.29 is 13.2 Å². The van der Waals surface area contributed by atoms with Gasteiger partial charge in [-0.05, 0) is 41.8 Å². The van der Waals surface area contributed by atoms with E-state index in [0.717, 1.165) is 11.1 Å². The lowest BCUT2D eigenvalue weighted by atomic mass is 9.89. The molecule has 0 aliphatic rings. The van der Waals surface area contributed by atoms with Crippen LogP contribution in [0.4, 0.5) is 0 Å². The number of primary amides is 1.